The van der Waals surface area contributed by atoms with Gasteiger partial charge in [0.25, 0.3) is 11.7 Å². The van der Waals surface area contributed by atoms with Crippen LogP contribution in [0.1, 0.15) is 36.1 Å². The number of hydrogen-bond acceptors (Lipinski definition) is 7. The second kappa shape index (κ2) is 10.4. The quantitative estimate of drug-likeness (QED) is 0.258. The predicted octanol–water partition coefficient (Wildman–Crippen LogP) is 3.57. The van der Waals surface area contributed by atoms with Gasteiger partial charge in [0.05, 0.1) is 30.9 Å². The van der Waals surface area contributed by atoms with Gasteiger partial charge < -0.3 is 29.3 Å². The van der Waals surface area contributed by atoms with Crippen molar-refractivity contribution in [3.63, 3.8) is 0 Å². The van der Waals surface area contributed by atoms with Crippen LogP contribution in [-0.2, 0) is 14.3 Å². The first kappa shape index (κ1) is 24.1. The molecular formula is C25H29NO7. The van der Waals surface area contributed by atoms with Crippen molar-refractivity contribution in [1.29, 1.82) is 0 Å². The summed E-state index contributed by atoms with van der Waals surface area (Å²) in [7, 11) is 3.03. The number of phenols is 1. The number of Topliss-reactive ketones (excluding diaryl/α,β-unsaturated/α-hetero) is 1. The normalized spacial score (nSPS) is 17.5. The summed E-state index contributed by atoms with van der Waals surface area (Å²) in [5.41, 5.74) is 1.66. The standard InChI is InChI=1S/C25H29NO7/c1-5-33-20-14-16(8-9-18(20)27)22-21(24(29)25(30)26(22)11-6-12-31-3)23(28)17-13-15(2)7-10-19(17)32-4/h7-10,13-14,22,27-28H,5-6,11-12H2,1-4H3/b23-21+. The summed E-state index contributed by atoms with van der Waals surface area (Å²) in [6.45, 7) is 4.61. The minimum absolute atomic E-state index is 0.0468. The first-order valence-electron chi connectivity index (χ1n) is 10.7. The van der Waals surface area contributed by atoms with Crippen LogP contribution in [0.25, 0.3) is 5.76 Å². The number of ketones is 1. The third-order valence-corrected chi connectivity index (χ3v) is 5.50. The molecule has 176 valence electrons. The van der Waals surface area contributed by atoms with Crippen molar-refractivity contribution in [2.45, 2.75) is 26.3 Å². The Balaban J connectivity index is 2.21. The average Bonchev–Trinajstić information content (AvgIpc) is 3.05. The molecule has 33 heavy (non-hydrogen) atoms. The maximum atomic E-state index is 13.1. The fraction of sp³-hybridized carbons (Fsp3) is 0.360. The van der Waals surface area contributed by atoms with Gasteiger partial charge in [0.15, 0.2) is 11.5 Å². The van der Waals surface area contributed by atoms with Crippen molar-refractivity contribution in [3.8, 4) is 17.2 Å². The van der Waals surface area contributed by atoms with Gasteiger partial charge in [0, 0.05) is 20.3 Å². The number of likely N-dealkylation sites (tertiary alicyclic amines) is 1. The first-order valence-corrected chi connectivity index (χ1v) is 10.7. The summed E-state index contributed by atoms with van der Waals surface area (Å²) in [5.74, 6) is -1.27. The number of aliphatic hydroxyl groups is 1. The number of phenolic OH excluding ortho intramolecular Hbond substituents is 1. The predicted molar refractivity (Wildman–Crippen MR) is 123 cm³/mol. The number of carbonyl (C=O) groups is 2. The second-order valence-electron chi connectivity index (χ2n) is 7.70. The number of amides is 1. The van der Waals surface area contributed by atoms with Crippen LogP contribution in [0.15, 0.2) is 42.0 Å². The van der Waals surface area contributed by atoms with Crippen LogP contribution in [-0.4, -0.2) is 60.8 Å². The number of aromatic hydroxyl groups is 1. The Kier molecular flexibility index (Phi) is 7.60. The molecule has 1 atom stereocenters. The third-order valence-electron chi connectivity index (χ3n) is 5.50. The van der Waals surface area contributed by atoms with E-state index in [2.05, 4.69) is 0 Å². The summed E-state index contributed by atoms with van der Waals surface area (Å²) in [5, 5.41) is 21.4. The molecule has 0 radical (unpaired) electrons. The molecule has 0 aliphatic carbocycles. The van der Waals surface area contributed by atoms with Gasteiger partial charge in [-0.05, 0) is 50.1 Å². The first-order chi connectivity index (χ1) is 15.8. The van der Waals surface area contributed by atoms with E-state index in [1.807, 2.05) is 13.0 Å². The highest BCUT2D eigenvalue weighted by atomic mass is 16.5. The number of hydrogen-bond donors (Lipinski definition) is 2. The Labute approximate surface area is 193 Å². The maximum Gasteiger partial charge on any atom is 0.295 e. The van der Waals surface area contributed by atoms with Gasteiger partial charge in [-0.3, -0.25) is 9.59 Å². The lowest BCUT2D eigenvalue weighted by Gasteiger charge is -2.26. The van der Waals surface area contributed by atoms with E-state index < -0.39 is 17.7 Å². The summed E-state index contributed by atoms with van der Waals surface area (Å²) in [6, 6.07) is 8.99. The highest BCUT2D eigenvalue weighted by Gasteiger charge is 2.46. The van der Waals surface area contributed by atoms with Crippen molar-refractivity contribution < 1.29 is 34.0 Å². The molecule has 0 aromatic heterocycles. The van der Waals surface area contributed by atoms with Crippen LogP contribution in [0.5, 0.6) is 17.2 Å². The molecule has 1 unspecified atom stereocenters. The lowest BCUT2D eigenvalue weighted by Crippen LogP contribution is -2.31. The third kappa shape index (κ3) is 4.80. The molecule has 1 aliphatic heterocycles. The zero-order valence-corrected chi connectivity index (χ0v) is 19.3. The number of benzene rings is 2. The molecule has 1 amide bonds. The summed E-state index contributed by atoms with van der Waals surface area (Å²) >= 11 is 0. The molecule has 8 heteroatoms. The van der Waals surface area contributed by atoms with Crippen LogP contribution in [0.4, 0.5) is 0 Å². The van der Waals surface area contributed by atoms with E-state index in [0.29, 0.717) is 36.5 Å². The summed E-state index contributed by atoms with van der Waals surface area (Å²) in [6.07, 6.45) is 0.504. The Hall–Kier alpha value is -3.52. The van der Waals surface area contributed by atoms with E-state index in [9.17, 15) is 19.8 Å². The molecule has 1 aliphatic rings. The lowest BCUT2D eigenvalue weighted by molar-refractivity contribution is -0.140. The number of carbonyl (C=O) groups excluding carboxylic acids is 2. The highest BCUT2D eigenvalue weighted by molar-refractivity contribution is 6.46. The van der Waals surface area contributed by atoms with Crippen molar-refractivity contribution in [3.05, 3.63) is 58.7 Å². The SMILES string of the molecule is CCOc1cc(C2/C(=C(\O)c3cc(C)ccc3OC)C(=O)C(=O)N2CCCOC)ccc1O. The topological polar surface area (TPSA) is 106 Å². The smallest absolute Gasteiger partial charge is 0.295 e. The molecule has 2 N–H and O–H groups in total. The number of aliphatic hydroxyl groups excluding tert-OH is 1. The zero-order valence-electron chi connectivity index (χ0n) is 19.3. The number of rotatable bonds is 9. The van der Waals surface area contributed by atoms with E-state index in [1.54, 1.807) is 38.3 Å². The molecule has 2 aromatic rings. The van der Waals surface area contributed by atoms with Crippen LogP contribution in [0.2, 0.25) is 0 Å². The average molecular weight is 456 g/mol. The van der Waals surface area contributed by atoms with Gasteiger partial charge in [-0.1, -0.05) is 17.7 Å². The van der Waals surface area contributed by atoms with Crippen LogP contribution in [0.3, 0.4) is 0 Å². The van der Waals surface area contributed by atoms with E-state index in [4.69, 9.17) is 14.2 Å². The number of ether oxygens (including phenoxy) is 3. The monoisotopic (exact) mass is 455 g/mol. The van der Waals surface area contributed by atoms with E-state index >= 15 is 0 Å². The minimum Gasteiger partial charge on any atom is -0.507 e. The van der Waals surface area contributed by atoms with Crippen LogP contribution in [0, 0.1) is 6.92 Å². The maximum absolute atomic E-state index is 13.1. The molecule has 0 spiro atoms. The van der Waals surface area contributed by atoms with Gasteiger partial charge in [-0.15, -0.1) is 0 Å². The molecule has 8 nitrogen and oxygen atoms in total. The molecule has 1 heterocycles. The van der Waals surface area contributed by atoms with Gasteiger partial charge >= 0.3 is 0 Å². The molecule has 2 aromatic carbocycles. The van der Waals surface area contributed by atoms with Gasteiger partial charge in [0.2, 0.25) is 0 Å². The lowest BCUT2D eigenvalue weighted by atomic mass is 9.94. The van der Waals surface area contributed by atoms with Gasteiger partial charge in [-0.2, -0.15) is 0 Å². The Morgan fingerprint density at radius 2 is 1.85 bits per heavy atom. The molecule has 1 saturated heterocycles. The largest absolute Gasteiger partial charge is 0.507 e. The summed E-state index contributed by atoms with van der Waals surface area (Å²) < 4.78 is 16.0. The molecule has 0 saturated carbocycles. The number of aryl methyl sites for hydroxylation is 1. The molecular weight excluding hydrogens is 426 g/mol. The van der Waals surface area contributed by atoms with Gasteiger partial charge in [0.1, 0.15) is 11.5 Å². The Morgan fingerprint density at radius 1 is 1.09 bits per heavy atom. The minimum atomic E-state index is -0.869. The van der Waals surface area contributed by atoms with Crippen LogP contribution < -0.4 is 9.47 Å². The van der Waals surface area contributed by atoms with Crippen LogP contribution >= 0.6 is 0 Å². The molecule has 0 bridgehead atoms. The fourth-order valence-electron chi connectivity index (χ4n) is 3.96. The fourth-order valence-corrected chi connectivity index (χ4v) is 3.96. The molecule has 3 rings (SSSR count). The van der Waals surface area contributed by atoms with Crippen molar-refractivity contribution in [2.24, 2.45) is 0 Å². The number of methoxy groups -OCH3 is 2. The Morgan fingerprint density at radius 3 is 2.52 bits per heavy atom. The van der Waals surface area contributed by atoms with E-state index in [0.717, 1.165) is 5.56 Å². The molecule has 1 fully saturated rings. The second-order valence-corrected chi connectivity index (χ2v) is 7.70. The van der Waals surface area contributed by atoms with Crippen molar-refractivity contribution in [1.82, 2.24) is 4.90 Å². The number of nitrogens with zero attached hydrogens (tertiary/aromatic N) is 1. The van der Waals surface area contributed by atoms with Crippen molar-refractivity contribution >= 4 is 17.4 Å². The zero-order chi connectivity index (χ0) is 24.1. The highest BCUT2D eigenvalue weighted by Crippen LogP contribution is 2.43. The van der Waals surface area contributed by atoms with E-state index in [-0.39, 0.29) is 29.4 Å². The van der Waals surface area contributed by atoms with Crippen molar-refractivity contribution in [2.75, 3.05) is 34.0 Å². The Bertz CT molecular complexity index is 1080. The summed E-state index contributed by atoms with van der Waals surface area (Å²) in [4.78, 5) is 27.6. The van der Waals surface area contributed by atoms with E-state index in [1.165, 1.54) is 18.1 Å². The van der Waals surface area contributed by atoms with Gasteiger partial charge in [-0.25, -0.2) is 0 Å².